The highest BCUT2D eigenvalue weighted by atomic mass is 35.5. The van der Waals surface area contributed by atoms with Crippen LogP contribution < -0.4 is 0 Å². The van der Waals surface area contributed by atoms with Gasteiger partial charge in [-0.1, -0.05) is 29.8 Å². The van der Waals surface area contributed by atoms with Crippen LogP contribution in [-0.4, -0.2) is 15.7 Å². The van der Waals surface area contributed by atoms with E-state index < -0.39 is 0 Å². The fourth-order valence-corrected chi connectivity index (χ4v) is 2.16. The number of aromatic nitrogens is 2. The second kappa shape index (κ2) is 4.27. The van der Waals surface area contributed by atoms with Crippen molar-refractivity contribution in [2.75, 3.05) is 0 Å². The van der Waals surface area contributed by atoms with Gasteiger partial charge in [-0.2, -0.15) is 0 Å². The predicted octanol–water partition coefficient (Wildman–Crippen LogP) is 3.47. The van der Waals surface area contributed by atoms with E-state index in [1.807, 2.05) is 47.1 Å². The van der Waals surface area contributed by atoms with Crippen LogP contribution in [0.2, 0.25) is 5.02 Å². The summed E-state index contributed by atoms with van der Waals surface area (Å²) >= 11 is 6.14. The van der Waals surface area contributed by atoms with Gasteiger partial charge in [0, 0.05) is 18.0 Å². The predicted molar refractivity (Wildman–Crippen MR) is 71.0 cm³/mol. The lowest BCUT2D eigenvalue weighted by Crippen LogP contribution is -1.88. The van der Waals surface area contributed by atoms with Gasteiger partial charge in [0.25, 0.3) is 0 Å². The zero-order chi connectivity index (χ0) is 12.5. The summed E-state index contributed by atoms with van der Waals surface area (Å²) in [6.07, 6.45) is 4.53. The van der Waals surface area contributed by atoms with Gasteiger partial charge in [-0.25, -0.2) is 4.98 Å². The van der Waals surface area contributed by atoms with Crippen LogP contribution in [-0.2, 0) is 0 Å². The lowest BCUT2D eigenvalue weighted by molar-refractivity contribution is 0.112. The molecular weight excluding hydrogens is 248 g/mol. The molecule has 0 saturated heterocycles. The third-order valence-corrected chi connectivity index (χ3v) is 3.12. The molecule has 0 aliphatic heterocycles. The van der Waals surface area contributed by atoms with E-state index in [2.05, 4.69) is 4.98 Å². The Hall–Kier alpha value is -2.13. The van der Waals surface area contributed by atoms with Gasteiger partial charge in [0.15, 0.2) is 6.29 Å². The van der Waals surface area contributed by atoms with E-state index in [9.17, 15) is 4.79 Å². The van der Waals surface area contributed by atoms with Crippen LogP contribution in [0, 0.1) is 0 Å². The van der Waals surface area contributed by atoms with Crippen LogP contribution in [0.1, 0.15) is 10.4 Å². The maximum Gasteiger partial charge on any atom is 0.153 e. The normalized spacial score (nSPS) is 10.7. The minimum Gasteiger partial charge on any atom is -0.306 e. The summed E-state index contributed by atoms with van der Waals surface area (Å²) in [5, 5.41) is 0.647. The molecule has 0 saturated carbocycles. The molecule has 0 aliphatic rings. The van der Waals surface area contributed by atoms with E-state index in [4.69, 9.17) is 11.6 Å². The smallest absolute Gasteiger partial charge is 0.153 e. The van der Waals surface area contributed by atoms with Crippen molar-refractivity contribution >= 4 is 23.5 Å². The van der Waals surface area contributed by atoms with Crippen molar-refractivity contribution < 1.29 is 4.79 Å². The zero-order valence-electron chi connectivity index (χ0n) is 9.38. The number of carbonyl (C=O) groups is 1. The Bertz CT molecular complexity index is 733. The summed E-state index contributed by atoms with van der Waals surface area (Å²) in [7, 11) is 0. The number of fused-ring (bicyclic) bond motifs is 1. The van der Waals surface area contributed by atoms with Crippen molar-refractivity contribution in [2.45, 2.75) is 0 Å². The Kier molecular flexibility index (Phi) is 2.61. The van der Waals surface area contributed by atoms with Gasteiger partial charge in [-0.15, -0.1) is 0 Å². The van der Waals surface area contributed by atoms with Crippen LogP contribution in [0.3, 0.4) is 0 Å². The molecule has 0 aliphatic carbocycles. The maximum atomic E-state index is 11.0. The molecule has 0 bridgehead atoms. The molecule has 0 atom stereocenters. The van der Waals surface area contributed by atoms with Gasteiger partial charge < -0.3 is 4.40 Å². The summed E-state index contributed by atoms with van der Waals surface area (Å²) in [5.74, 6) is 0. The van der Waals surface area contributed by atoms with Gasteiger partial charge in [-0.05, 0) is 18.2 Å². The standard InChI is InChI=1S/C14H9ClN2O/c15-12-6-2-1-5-11(12)13-8-17-7-3-4-10(9-18)14(17)16-13/h1-9H. The number of hydrogen-bond acceptors (Lipinski definition) is 2. The van der Waals surface area contributed by atoms with E-state index in [0.717, 1.165) is 17.5 Å². The first-order chi connectivity index (χ1) is 8.79. The van der Waals surface area contributed by atoms with Crippen LogP contribution in [0.25, 0.3) is 16.9 Å². The van der Waals surface area contributed by atoms with Gasteiger partial charge >= 0.3 is 0 Å². The van der Waals surface area contributed by atoms with Crippen molar-refractivity contribution in [1.29, 1.82) is 0 Å². The molecule has 1 aromatic carbocycles. The highest BCUT2D eigenvalue weighted by Crippen LogP contribution is 2.27. The molecule has 3 nitrogen and oxygen atoms in total. The number of benzene rings is 1. The third-order valence-electron chi connectivity index (χ3n) is 2.79. The van der Waals surface area contributed by atoms with Crippen molar-refractivity contribution in [2.24, 2.45) is 0 Å². The number of halogens is 1. The molecule has 0 N–H and O–H groups in total. The third kappa shape index (κ3) is 1.69. The molecule has 3 rings (SSSR count). The summed E-state index contributed by atoms with van der Waals surface area (Å²) < 4.78 is 1.82. The van der Waals surface area contributed by atoms with Crippen molar-refractivity contribution in [1.82, 2.24) is 9.38 Å². The number of pyridine rings is 1. The fourth-order valence-electron chi connectivity index (χ4n) is 1.93. The molecule has 0 spiro atoms. The van der Waals surface area contributed by atoms with Gasteiger partial charge in [0.1, 0.15) is 5.65 Å². The molecule has 88 valence electrons. The number of imidazole rings is 1. The second-order valence-electron chi connectivity index (χ2n) is 3.92. The molecule has 3 aromatic rings. The molecule has 0 fully saturated rings. The van der Waals surface area contributed by atoms with E-state index >= 15 is 0 Å². The summed E-state index contributed by atoms with van der Waals surface area (Å²) in [6, 6.07) is 11.1. The van der Waals surface area contributed by atoms with Gasteiger partial charge in [0.2, 0.25) is 0 Å². The number of hydrogen-bond donors (Lipinski definition) is 0. The topological polar surface area (TPSA) is 34.4 Å². The van der Waals surface area contributed by atoms with Crippen molar-refractivity contribution in [3.63, 3.8) is 0 Å². The molecular formula is C14H9ClN2O. The first-order valence-electron chi connectivity index (χ1n) is 5.47. The minimum absolute atomic E-state index is 0.566. The average molecular weight is 257 g/mol. The first kappa shape index (κ1) is 11.0. The maximum absolute atomic E-state index is 11.0. The van der Waals surface area contributed by atoms with Crippen LogP contribution in [0.4, 0.5) is 0 Å². The summed E-state index contributed by atoms with van der Waals surface area (Å²) in [6.45, 7) is 0. The van der Waals surface area contributed by atoms with Crippen LogP contribution in [0.5, 0.6) is 0 Å². The minimum atomic E-state index is 0.566. The second-order valence-corrected chi connectivity index (χ2v) is 4.33. The Morgan fingerprint density at radius 1 is 1.17 bits per heavy atom. The van der Waals surface area contributed by atoms with Gasteiger partial charge in [0.05, 0.1) is 16.3 Å². The van der Waals surface area contributed by atoms with Crippen LogP contribution >= 0.6 is 11.6 Å². The Morgan fingerprint density at radius 3 is 2.78 bits per heavy atom. The molecule has 0 amide bonds. The largest absolute Gasteiger partial charge is 0.306 e. The SMILES string of the molecule is O=Cc1cccn2cc(-c3ccccc3Cl)nc12. The fraction of sp³-hybridized carbons (Fsp3) is 0. The lowest BCUT2D eigenvalue weighted by Gasteiger charge is -1.97. The molecule has 2 heterocycles. The molecule has 4 heteroatoms. The summed E-state index contributed by atoms with van der Waals surface area (Å²) in [4.78, 5) is 15.4. The van der Waals surface area contributed by atoms with Crippen LogP contribution in [0.15, 0.2) is 48.8 Å². The lowest BCUT2D eigenvalue weighted by atomic mass is 10.2. The summed E-state index contributed by atoms with van der Waals surface area (Å²) in [5.41, 5.74) is 2.83. The molecule has 0 unspecified atom stereocenters. The monoisotopic (exact) mass is 256 g/mol. The highest BCUT2D eigenvalue weighted by Gasteiger charge is 2.09. The molecule has 2 aromatic heterocycles. The number of aldehydes is 1. The number of carbonyl (C=O) groups excluding carboxylic acids is 1. The molecule has 18 heavy (non-hydrogen) atoms. The zero-order valence-corrected chi connectivity index (χ0v) is 10.1. The molecule has 0 radical (unpaired) electrons. The van der Waals surface area contributed by atoms with E-state index in [1.165, 1.54) is 0 Å². The first-order valence-corrected chi connectivity index (χ1v) is 5.85. The highest BCUT2D eigenvalue weighted by molar-refractivity contribution is 6.33. The number of nitrogens with zero attached hydrogens (tertiary/aromatic N) is 2. The van der Waals surface area contributed by atoms with Gasteiger partial charge in [-0.3, -0.25) is 4.79 Å². The average Bonchev–Trinajstić information content (AvgIpc) is 2.82. The Morgan fingerprint density at radius 2 is 2.00 bits per heavy atom. The Labute approximate surface area is 109 Å². The number of rotatable bonds is 2. The van der Waals surface area contributed by atoms with E-state index in [0.29, 0.717) is 16.2 Å². The van der Waals surface area contributed by atoms with Crippen molar-refractivity contribution in [3.8, 4) is 11.3 Å². The Balaban J connectivity index is 2.26. The quantitative estimate of drug-likeness (QED) is 0.658. The van der Waals surface area contributed by atoms with Crippen molar-refractivity contribution in [3.05, 3.63) is 59.4 Å². The van der Waals surface area contributed by atoms with E-state index in [1.54, 1.807) is 6.07 Å². The van der Waals surface area contributed by atoms with E-state index in [-0.39, 0.29) is 0 Å².